The molecule has 1 aromatic heterocycles. The molecule has 0 bridgehead atoms. The highest BCUT2D eigenvalue weighted by molar-refractivity contribution is 5.94. The van der Waals surface area contributed by atoms with E-state index < -0.39 is 6.10 Å². The number of likely N-dealkylation sites (tertiary alicyclic amines) is 1. The van der Waals surface area contributed by atoms with Gasteiger partial charge in [-0.1, -0.05) is 37.3 Å². The first-order chi connectivity index (χ1) is 14.5. The summed E-state index contributed by atoms with van der Waals surface area (Å²) < 4.78 is 0. The molecule has 0 unspecified atom stereocenters. The molecule has 1 aromatic carbocycles. The van der Waals surface area contributed by atoms with Crippen LogP contribution in [0.3, 0.4) is 0 Å². The van der Waals surface area contributed by atoms with Crippen LogP contribution in [0.2, 0.25) is 0 Å². The Labute approximate surface area is 176 Å². The zero-order valence-corrected chi connectivity index (χ0v) is 17.6. The number of rotatable bonds is 5. The van der Waals surface area contributed by atoms with Crippen molar-refractivity contribution < 1.29 is 14.7 Å². The van der Waals surface area contributed by atoms with E-state index in [1.165, 1.54) is 0 Å². The Kier molecular flexibility index (Phi) is 5.90. The van der Waals surface area contributed by atoms with Gasteiger partial charge >= 0.3 is 0 Å². The zero-order valence-electron chi connectivity index (χ0n) is 17.6. The first kappa shape index (κ1) is 20.6. The Bertz CT molecular complexity index is 910. The van der Waals surface area contributed by atoms with Crippen LogP contribution in [0.25, 0.3) is 11.4 Å². The molecular weight excluding hydrogens is 380 g/mol. The van der Waals surface area contributed by atoms with E-state index in [1.54, 1.807) is 0 Å². The fraction of sp³-hybridized carbons (Fsp3) is 0.522. The van der Waals surface area contributed by atoms with Gasteiger partial charge in [0.2, 0.25) is 5.91 Å². The highest BCUT2D eigenvalue weighted by Crippen LogP contribution is 2.37. The molecule has 7 nitrogen and oxygen atoms in total. The Morgan fingerprint density at radius 3 is 2.60 bits per heavy atom. The molecule has 7 heteroatoms. The van der Waals surface area contributed by atoms with Crippen LogP contribution in [0.1, 0.15) is 48.8 Å². The van der Waals surface area contributed by atoms with Gasteiger partial charge in [0.25, 0.3) is 5.91 Å². The number of hydrogen-bond donors (Lipinski definition) is 3. The van der Waals surface area contributed by atoms with Gasteiger partial charge in [-0.3, -0.25) is 9.59 Å². The van der Waals surface area contributed by atoms with Crippen molar-refractivity contribution in [3.8, 4) is 11.4 Å². The summed E-state index contributed by atoms with van der Waals surface area (Å²) in [6, 6.07) is 9.54. The maximum Gasteiger partial charge on any atom is 0.274 e. The van der Waals surface area contributed by atoms with Crippen molar-refractivity contribution in [3.05, 3.63) is 41.7 Å². The highest BCUT2D eigenvalue weighted by Gasteiger charge is 2.44. The summed E-state index contributed by atoms with van der Waals surface area (Å²) in [6.45, 7) is 5.11. The van der Waals surface area contributed by atoms with Crippen LogP contribution >= 0.6 is 0 Å². The number of nitrogens with one attached hydrogen (secondary N) is 2. The Morgan fingerprint density at radius 2 is 1.90 bits per heavy atom. The van der Waals surface area contributed by atoms with Crippen molar-refractivity contribution in [1.82, 2.24) is 20.2 Å². The number of carbonyl (C=O) groups is 2. The molecule has 2 heterocycles. The largest absolute Gasteiger partial charge is 0.391 e. The van der Waals surface area contributed by atoms with Gasteiger partial charge in [-0.15, -0.1) is 0 Å². The first-order valence-electron chi connectivity index (χ1n) is 10.8. The molecule has 1 aliphatic carbocycles. The number of aryl methyl sites for hydroxylation is 1. The van der Waals surface area contributed by atoms with Crippen LogP contribution in [0.5, 0.6) is 0 Å². The van der Waals surface area contributed by atoms with Crippen LogP contribution < -0.4 is 5.32 Å². The van der Waals surface area contributed by atoms with Gasteiger partial charge in [0.15, 0.2) is 0 Å². The minimum atomic E-state index is -0.557. The number of H-pyrrole nitrogens is 1. The number of amides is 2. The van der Waals surface area contributed by atoms with Crippen molar-refractivity contribution in [1.29, 1.82) is 0 Å². The third-order valence-electron chi connectivity index (χ3n) is 6.39. The zero-order chi connectivity index (χ0) is 21.3. The molecule has 2 aromatic rings. The fourth-order valence-corrected chi connectivity index (χ4v) is 4.81. The second-order valence-corrected chi connectivity index (χ2v) is 8.62. The number of benzene rings is 1. The fourth-order valence-electron chi connectivity index (χ4n) is 4.81. The summed E-state index contributed by atoms with van der Waals surface area (Å²) in [6.07, 6.45) is 2.03. The van der Waals surface area contributed by atoms with Crippen molar-refractivity contribution in [2.75, 3.05) is 13.1 Å². The number of carbonyl (C=O) groups excluding carboxylic acids is 2. The molecule has 160 valence electrons. The van der Waals surface area contributed by atoms with Gasteiger partial charge in [-0.25, -0.2) is 4.98 Å². The smallest absolute Gasteiger partial charge is 0.274 e. The molecule has 2 aliphatic rings. The van der Waals surface area contributed by atoms with Crippen LogP contribution in [0.15, 0.2) is 30.3 Å². The molecule has 3 N–H and O–H groups in total. The predicted octanol–water partition coefficient (Wildman–Crippen LogP) is 2.51. The number of fused-ring (bicyclic) bond motifs is 1. The molecule has 0 radical (unpaired) electrons. The average Bonchev–Trinajstić information content (AvgIpc) is 3.32. The topological polar surface area (TPSA) is 98.3 Å². The summed E-state index contributed by atoms with van der Waals surface area (Å²) in [5.41, 5.74) is 2.17. The van der Waals surface area contributed by atoms with Crippen molar-refractivity contribution in [2.24, 2.45) is 11.8 Å². The third-order valence-corrected chi connectivity index (χ3v) is 6.39. The molecule has 1 saturated carbocycles. The van der Waals surface area contributed by atoms with E-state index >= 15 is 0 Å². The van der Waals surface area contributed by atoms with Crippen LogP contribution in [-0.2, 0) is 4.79 Å². The lowest BCUT2D eigenvalue weighted by molar-refractivity contribution is -0.123. The number of aliphatic hydroxyl groups is 1. The monoisotopic (exact) mass is 410 g/mol. The van der Waals surface area contributed by atoms with Crippen LogP contribution in [-0.4, -0.2) is 57.0 Å². The summed E-state index contributed by atoms with van der Waals surface area (Å²) in [4.78, 5) is 34.8. The molecule has 2 fully saturated rings. The molecule has 0 spiro atoms. The summed E-state index contributed by atoms with van der Waals surface area (Å²) >= 11 is 0. The van der Waals surface area contributed by atoms with Crippen LogP contribution in [0.4, 0.5) is 0 Å². The lowest BCUT2D eigenvalue weighted by Crippen LogP contribution is -2.49. The third kappa shape index (κ3) is 4.12. The lowest BCUT2D eigenvalue weighted by Gasteiger charge is -2.35. The van der Waals surface area contributed by atoms with Crippen molar-refractivity contribution in [2.45, 2.75) is 51.7 Å². The summed E-state index contributed by atoms with van der Waals surface area (Å²) in [7, 11) is 0. The molecule has 4 atom stereocenters. The second kappa shape index (κ2) is 8.60. The standard InChI is InChI=1S/C23H30N4O3/c1-3-7-20(29)25-18-10-16-12-27(13-17(16)11-19(18)28)23(30)21-14(2)24-22(26-21)15-8-5-4-6-9-15/h4-6,8-9,16-19,28H,3,7,10-13H2,1-2H3,(H,24,26)(H,25,29)/t16-,17+,18-,19-/m0/s1. The predicted molar refractivity (Wildman–Crippen MR) is 114 cm³/mol. The maximum absolute atomic E-state index is 13.2. The number of nitrogens with zero attached hydrogens (tertiary/aromatic N) is 2. The molecule has 4 rings (SSSR count). The highest BCUT2D eigenvalue weighted by atomic mass is 16.3. The number of aromatic nitrogens is 2. The van der Waals surface area contributed by atoms with E-state index in [0.717, 1.165) is 17.7 Å². The summed E-state index contributed by atoms with van der Waals surface area (Å²) in [5, 5.41) is 13.5. The number of aliphatic hydroxyl groups excluding tert-OH is 1. The Balaban J connectivity index is 1.44. The minimum Gasteiger partial charge on any atom is -0.391 e. The van der Waals surface area contributed by atoms with E-state index in [-0.39, 0.29) is 29.7 Å². The number of imidazole rings is 1. The number of hydrogen-bond acceptors (Lipinski definition) is 4. The lowest BCUT2D eigenvalue weighted by atomic mass is 9.77. The van der Waals surface area contributed by atoms with E-state index in [0.29, 0.717) is 43.9 Å². The van der Waals surface area contributed by atoms with Crippen molar-refractivity contribution >= 4 is 11.8 Å². The first-order valence-corrected chi connectivity index (χ1v) is 10.8. The van der Waals surface area contributed by atoms with Gasteiger partial charge in [0.05, 0.1) is 12.1 Å². The van der Waals surface area contributed by atoms with E-state index in [4.69, 9.17) is 0 Å². The van der Waals surface area contributed by atoms with Gasteiger partial charge in [-0.05, 0) is 38.0 Å². The Morgan fingerprint density at radius 1 is 1.20 bits per heavy atom. The average molecular weight is 411 g/mol. The van der Waals surface area contributed by atoms with Crippen LogP contribution in [0, 0.1) is 18.8 Å². The number of aromatic amines is 1. The quantitative estimate of drug-likeness (QED) is 0.705. The molecule has 1 aliphatic heterocycles. The molecule has 1 saturated heterocycles. The molecular formula is C23H30N4O3. The van der Waals surface area contributed by atoms with Gasteiger partial charge < -0.3 is 20.3 Å². The van der Waals surface area contributed by atoms with E-state index in [9.17, 15) is 14.7 Å². The second-order valence-electron chi connectivity index (χ2n) is 8.62. The van der Waals surface area contributed by atoms with E-state index in [2.05, 4.69) is 15.3 Å². The SMILES string of the molecule is CCCC(=O)N[C@H]1C[C@H]2CN(C(=O)c3nc(-c4ccccc4)[nH]c3C)C[C@H]2C[C@@H]1O. The molecule has 30 heavy (non-hydrogen) atoms. The van der Waals surface area contributed by atoms with Crippen molar-refractivity contribution in [3.63, 3.8) is 0 Å². The van der Waals surface area contributed by atoms with Gasteiger partial charge in [0.1, 0.15) is 11.5 Å². The maximum atomic E-state index is 13.2. The normalized spacial score (nSPS) is 25.8. The minimum absolute atomic E-state index is 0.00785. The van der Waals surface area contributed by atoms with Gasteiger partial charge in [-0.2, -0.15) is 0 Å². The van der Waals surface area contributed by atoms with E-state index in [1.807, 2.05) is 49.1 Å². The Hall–Kier alpha value is -2.67. The van der Waals surface area contributed by atoms with Gasteiger partial charge in [0, 0.05) is 30.8 Å². The molecule has 2 amide bonds. The summed E-state index contributed by atoms with van der Waals surface area (Å²) in [5.74, 6) is 1.17.